The van der Waals surface area contributed by atoms with Crippen LogP contribution in [0.1, 0.15) is 35.7 Å². The molecule has 1 aliphatic carbocycles. The minimum atomic E-state index is -4.50. The summed E-state index contributed by atoms with van der Waals surface area (Å²) in [5.41, 5.74) is 3.41. The van der Waals surface area contributed by atoms with Crippen molar-refractivity contribution < 1.29 is 22.6 Å². The normalized spacial score (nSPS) is 13.7. The number of alkyl halides is 3. The molecule has 0 radical (unpaired) electrons. The van der Waals surface area contributed by atoms with Crippen molar-refractivity contribution >= 4 is 11.0 Å². The fourth-order valence-corrected chi connectivity index (χ4v) is 4.55. The predicted molar refractivity (Wildman–Crippen MR) is 136 cm³/mol. The Bertz CT molecular complexity index is 1670. The molecule has 0 unspecified atom stereocenters. The van der Waals surface area contributed by atoms with E-state index in [1.807, 2.05) is 23.9 Å². The van der Waals surface area contributed by atoms with Crippen LogP contribution in [0, 0.1) is 0 Å². The lowest BCUT2D eigenvalue weighted by atomic mass is 10.1. The molecule has 6 rings (SSSR count). The van der Waals surface area contributed by atoms with E-state index in [1.165, 1.54) is 17.9 Å². The summed E-state index contributed by atoms with van der Waals surface area (Å²) in [5.74, 6) is 1.77. The van der Waals surface area contributed by atoms with E-state index in [1.54, 1.807) is 31.4 Å². The Morgan fingerprint density at radius 1 is 0.949 bits per heavy atom. The number of hydrogen-bond donors (Lipinski definition) is 0. The van der Waals surface area contributed by atoms with E-state index in [9.17, 15) is 13.2 Å². The van der Waals surface area contributed by atoms with Crippen LogP contribution in [0.2, 0.25) is 0 Å². The zero-order valence-electron chi connectivity index (χ0n) is 21.4. The van der Waals surface area contributed by atoms with Gasteiger partial charge in [-0.3, -0.25) is 0 Å². The zero-order valence-corrected chi connectivity index (χ0v) is 21.4. The van der Waals surface area contributed by atoms with Gasteiger partial charge in [0.05, 0.1) is 18.3 Å². The lowest BCUT2D eigenvalue weighted by Crippen LogP contribution is -2.05. The van der Waals surface area contributed by atoms with Gasteiger partial charge in [-0.05, 0) is 24.5 Å². The van der Waals surface area contributed by atoms with Gasteiger partial charge in [0.25, 0.3) is 0 Å². The van der Waals surface area contributed by atoms with Crippen LogP contribution in [0.3, 0.4) is 0 Å². The zero-order chi connectivity index (χ0) is 27.3. The van der Waals surface area contributed by atoms with E-state index in [2.05, 4.69) is 15.0 Å². The van der Waals surface area contributed by atoms with E-state index in [-0.39, 0.29) is 12.4 Å². The summed E-state index contributed by atoms with van der Waals surface area (Å²) in [5, 5.41) is 0. The van der Waals surface area contributed by atoms with Gasteiger partial charge in [0.1, 0.15) is 29.8 Å². The fraction of sp³-hybridized carbons (Fsp3) is 0.296. The highest BCUT2D eigenvalue weighted by atomic mass is 19.4. The SMILES string of the molecule is COc1ncnc(C2CC2)c1-c1nc(OCc2ccc(-c3nc(C(F)(F)F)cn3C)cc2)c2c(ccn2C)n1. The largest absolute Gasteiger partial charge is 0.480 e. The average Bonchev–Trinajstić information content (AvgIpc) is 3.59. The third kappa shape index (κ3) is 4.66. The van der Waals surface area contributed by atoms with Crippen molar-refractivity contribution in [1.29, 1.82) is 0 Å². The summed E-state index contributed by atoms with van der Waals surface area (Å²) in [7, 11) is 4.98. The first kappa shape index (κ1) is 24.8. The van der Waals surface area contributed by atoms with Crippen molar-refractivity contribution in [2.45, 2.75) is 31.5 Å². The molecular weight excluding hydrogens is 511 g/mol. The van der Waals surface area contributed by atoms with E-state index < -0.39 is 11.9 Å². The Labute approximate surface area is 221 Å². The van der Waals surface area contributed by atoms with Crippen molar-refractivity contribution in [3.8, 4) is 34.5 Å². The number of rotatable bonds is 7. The smallest absolute Gasteiger partial charge is 0.434 e. The second-order valence-electron chi connectivity index (χ2n) is 9.47. The van der Waals surface area contributed by atoms with Crippen LogP contribution in [-0.4, -0.2) is 41.2 Å². The molecule has 0 N–H and O–H groups in total. The van der Waals surface area contributed by atoms with Gasteiger partial charge in [-0.2, -0.15) is 18.2 Å². The molecule has 9 nitrogen and oxygen atoms in total. The maximum atomic E-state index is 13.1. The second kappa shape index (κ2) is 9.37. The van der Waals surface area contributed by atoms with Gasteiger partial charge >= 0.3 is 6.18 Å². The number of aryl methyl sites for hydroxylation is 2. The van der Waals surface area contributed by atoms with E-state index in [0.29, 0.717) is 40.1 Å². The molecular formula is C27H24F3N7O2. The molecule has 0 spiro atoms. The molecule has 200 valence electrons. The van der Waals surface area contributed by atoms with Gasteiger partial charge in [-0.15, -0.1) is 0 Å². The molecule has 0 amide bonds. The monoisotopic (exact) mass is 535 g/mol. The van der Waals surface area contributed by atoms with Crippen molar-refractivity contribution in [3.05, 3.63) is 66.0 Å². The van der Waals surface area contributed by atoms with Crippen LogP contribution in [0.25, 0.3) is 33.8 Å². The highest BCUT2D eigenvalue weighted by molar-refractivity contribution is 5.83. The van der Waals surface area contributed by atoms with Gasteiger partial charge in [0.2, 0.25) is 11.8 Å². The number of aromatic nitrogens is 7. The van der Waals surface area contributed by atoms with Crippen molar-refractivity contribution in [1.82, 2.24) is 34.1 Å². The number of imidazole rings is 1. The number of hydrogen-bond acceptors (Lipinski definition) is 7. The van der Waals surface area contributed by atoms with Crippen molar-refractivity contribution in [2.24, 2.45) is 14.1 Å². The third-order valence-corrected chi connectivity index (χ3v) is 6.67. The number of nitrogens with zero attached hydrogens (tertiary/aromatic N) is 7. The fourth-order valence-electron chi connectivity index (χ4n) is 4.55. The van der Waals surface area contributed by atoms with E-state index in [4.69, 9.17) is 19.4 Å². The molecule has 0 atom stereocenters. The second-order valence-corrected chi connectivity index (χ2v) is 9.47. The van der Waals surface area contributed by atoms with Crippen LogP contribution >= 0.6 is 0 Å². The number of methoxy groups -OCH3 is 1. The number of benzene rings is 1. The third-order valence-electron chi connectivity index (χ3n) is 6.67. The Kier molecular flexibility index (Phi) is 5.96. The van der Waals surface area contributed by atoms with Crippen LogP contribution in [0.15, 0.2) is 49.1 Å². The molecule has 5 aromatic rings. The number of ether oxygens (including phenoxy) is 2. The maximum Gasteiger partial charge on any atom is 0.434 e. The molecule has 1 aliphatic rings. The van der Waals surface area contributed by atoms with E-state index in [0.717, 1.165) is 35.8 Å². The summed E-state index contributed by atoms with van der Waals surface area (Å²) in [6, 6.07) is 8.91. The van der Waals surface area contributed by atoms with Crippen molar-refractivity contribution in [2.75, 3.05) is 7.11 Å². The van der Waals surface area contributed by atoms with Gasteiger partial charge < -0.3 is 18.6 Å². The Morgan fingerprint density at radius 2 is 1.72 bits per heavy atom. The lowest BCUT2D eigenvalue weighted by molar-refractivity contribution is -0.140. The average molecular weight is 536 g/mol. The maximum absolute atomic E-state index is 13.1. The predicted octanol–water partition coefficient (Wildman–Crippen LogP) is 5.31. The molecule has 39 heavy (non-hydrogen) atoms. The van der Waals surface area contributed by atoms with E-state index >= 15 is 0 Å². The van der Waals surface area contributed by atoms with Gasteiger partial charge in [-0.25, -0.2) is 19.9 Å². The lowest BCUT2D eigenvalue weighted by Gasteiger charge is -2.13. The van der Waals surface area contributed by atoms with Crippen LogP contribution in [-0.2, 0) is 26.9 Å². The summed E-state index contributed by atoms with van der Waals surface area (Å²) in [4.78, 5) is 22.1. The Hall–Kier alpha value is -4.48. The van der Waals surface area contributed by atoms with Crippen LogP contribution in [0.5, 0.6) is 11.8 Å². The molecule has 0 bridgehead atoms. The van der Waals surface area contributed by atoms with Crippen molar-refractivity contribution in [3.63, 3.8) is 0 Å². The molecule has 4 aromatic heterocycles. The molecule has 0 saturated heterocycles. The standard InChI is InChI=1S/C27H24F3N7O2/c1-36-11-10-18-22(36)26(35-23(33-18)20-21(16-8-9-16)31-14-32-25(20)38-3)39-13-15-4-6-17(7-5-15)24-34-19(12-37(24)2)27(28,29)30/h4-7,10-12,14,16H,8-9,13H2,1-3H3. The number of halogens is 3. The molecule has 1 fully saturated rings. The first-order valence-electron chi connectivity index (χ1n) is 12.3. The van der Waals surface area contributed by atoms with Gasteiger partial charge in [0.15, 0.2) is 11.5 Å². The first-order valence-corrected chi connectivity index (χ1v) is 12.3. The molecule has 1 aromatic carbocycles. The quantitative estimate of drug-likeness (QED) is 0.279. The molecule has 0 aliphatic heterocycles. The van der Waals surface area contributed by atoms with Crippen LogP contribution in [0.4, 0.5) is 13.2 Å². The number of fused-ring (bicyclic) bond motifs is 1. The summed E-state index contributed by atoms with van der Waals surface area (Å²) < 4.78 is 54.2. The van der Waals surface area contributed by atoms with Crippen LogP contribution < -0.4 is 9.47 Å². The van der Waals surface area contributed by atoms with Gasteiger partial charge in [-0.1, -0.05) is 24.3 Å². The van der Waals surface area contributed by atoms with Gasteiger partial charge in [0, 0.05) is 38.0 Å². The first-order chi connectivity index (χ1) is 18.7. The highest BCUT2D eigenvalue weighted by Gasteiger charge is 2.35. The minimum absolute atomic E-state index is 0.184. The summed E-state index contributed by atoms with van der Waals surface area (Å²) >= 11 is 0. The summed E-state index contributed by atoms with van der Waals surface area (Å²) in [6.07, 6.45) is 1.93. The summed E-state index contributed by atoms with van der Waals surface area (Å²) in [6.45, 7) is 0.184. The Morgan fingerprint density at radius 3 is 2.38 bits per heavy atom. The molecule has 1 saturated carbocycles. The topological polar surface area (TPSA) is 92.8 Å². The molecule has 4 heterocycles. The Balaban J connectivity index is 1.31. The minimum Gasteiger partial charge on any atom is -0.480 e. The molecule has 12 heteroatoms. The highest BCUT2D eigenvalue weighted by Crippen LogP contribution is 2.45.